The minimum Gasteiger partial charge on any atom is -0.383 e. The summed E-state index contributed by atoms with van der Waals surface area (Å²) < 4.78 is 25.1. The van der Waals surface area contributed by atoms with E-state index in [1.165, 1.54) is 13.0 Å². The first kappa shape index (κ1) is 9.63. The van der Waals surface area contributed by atoms with Gasteiger partial charge in [0, 0.05) is 11.3 Å². The highest BCUT2D eigenvalue weighted by molar-refractivity contribution is 14.1. The zero-order valence-corrected chi connectivity index (χ0v) is 8.47. The summed E-state index contributed by atoms with van der Waals surface area (Å²) >= 11 is 1.88. The molecule has 66 valence electrons. The van der Waals surface area contributed by atoms with Gasteiger partial charge in [-0.3, -0.25) is 0 Å². The van der Waals surface area contributed by atoms with Crippen LogP contribution in [0.5, 0.6) is 0 Å². The van der Waals surface area contributed by atoms with Gasteiger partial charge in [-0.15, -0.1) is 0 Å². The molecule has 0 unspecified atom stereocenters. The normalized spacial score (nSPS) is 10.8. The van der Waals surface area contributed by atoms with Crippen molar-refractivity contribution >= 4 is 28.4 Å². The third kappa shape index (κ3) is 1.82. The number of nitrogens with two attached hydrogens (primary N) is 1. The van der Waals surface area contributed by atoms with E-state index < -0.39 is 6.43 Å². The first-order chi connectivity index (χ1) is 5.52. The van der Waals surface area contributed by atoms with Gasteiger partial charge in [0.2, 0.25) is 0 Å². The second-order valence-electron chi connectivity index (χ2n) is 2.33. The summed E-state index contributed by atoms with van der Waals surface area (Å²) in [4.78, 5) is 3.78. The van der Waals surface area contributed by atoms with E-state index in [0.717, 1.165) is 0 Å². The van der Waals surface area contributed by atoms with E-state index >= 15 is 0 Å². The number of aromatic nitrogens is 1. The molecule has 0 aliphatic rings. The molecule has 0 radical (unpaired) electrons. The van der Waals surface area contributed by atoms with Crippen LogP contribution in [0.25, 0.3) is 0 Å². The fourth-order valence-electron chi connectivity index (χ4n) is 0.834. The highest BCUT2D eigenvalue weighted by atomic mass is 127. The van der Waals surface area contributed by atoms with Gasteiger partial charge in [0.25, 0.3) is 6.43 Å². The number of alkyl halides is 2. The molecule has 0 aliphatic carbocycles. The Hall–Kier alpha value is -0.460. The molecule has 0 aromatic carbocycles. The molecule has 0 atom stereocenters. The van der Waals surface area contributed by atoms with Crippen molar-refractivity contribution in [1.29, 1.82) is 0 Å². The number of hydrogen-bond acceptors (Lipinski definition) is 2. The smallest absolute Gasteiger partial charge is 0.265 e. The Morgan fingerprint density at radius 3 is 2.67 bits per heavy atom. The Bertz CT molecular complexity index is 302. The van der Waals surface area contributed by atoms with Crippen LogP contribution in [0.1, 0.15) is 17.7 Å². The maximum atomic E-state index is 12.3. The molecule has 1 aromatic heterocycles. The summed E-state index contributed by atoms with van der Waals surface area (Å²) in [7, 11) is 0. The van der Waals surface area contributed by atoms with E-state index in [1.54, 1.807) is 0 Å². The molecule has 2 nitrogen and oxygen atoms in total. The Balaban J connectivity index is 3.23. The molecule has 1 rings (SSSR count). The molecule has 0 amide bonds. The monoisotopic (exact) mass is 284 g/mol. The van der Waals surface area contributed by atoms with Crippen LogP contribution in [-0.2, 0) is 0 Å². The highest BCUT2D eigenvalue weighted by Crippen LogP contribution is 2.25. The van der Waals surface area contributed by atoms with E-state index in [0.29, 0.717) is 15.1 Å². The van der Waals surface area contributed by atoms with Gasteiger partial charge < -0.3 is 5.73 Å². The quantitative estimate of drug-likeness (QED) is 0.805. The first-order valence-corrected chi connectivity index (χ1v) is 4.31. The highest BCUT2D eigenvalue weighted by Gasteiger charge is 2.13. The molecule has 1 heterocycles. The lowest BCUT2D eigenvalue weighted by Gasteiger charge is -2.05. The SMILES string of the molecule is Cc1nc(N)c(I)cc1C(F)F. The number of aryl methyl sites for hydroxylation is 1. The Morgan fingerprint density at radius 1 is 1.58 bits per heavy atom. The molecule has 12 heavy (non-hydrogen) atoms. The number of halogens is 3. The lowest BCUT2D eigenvalue weighted by atomic mass is 10.2. The van der Waals surface area contributed by atoms with Crippen LogP contribution in [0.3, 0.4) is 0 Å². The summed E-state index contributed by atoms with van der Waals surface area (Å²) in [6.07, 6.45) is -2.48. The molecular weight excluding hydrogens is 277 g/mol. The predicted molar refractivity (Wildman–Crippen MR) is 51.1 cm³/mol. The number of pyridine rings is 1. The Labute approximate surface area is 82.3 Å². The zero-order valence-electron chi connectivity index (χ0n) is 6.31. The standard InChI is InChI=1S/C7H7F2IN2/c1-3-4(6(8)9)2-5(10)7(11)12-3/h2,6H,1H3,(H2,11,12). The lowest BCUT2D eigenvalue weighted by molar-refractivity contribution is 0.150. The summed E-state index contributed by atoms with van der Waals surface area (Å²) in [6.45, 7) is 1.52. The van der Waals surface area contributed by atoms with E-state index in [2.05, 4.69) is 4.98 Å². The number of nitrogens with zero attached hydrogens (tertiary/aromatic N) is 1. The van der Waals surface area contributed by atoms with Crippen molar-refractivity contribution in [2.45, 2.75) is 13.3 Å². The van der Waals surface area contributed by atoms with Crippen LogP contribution in [0.15, 0.2) is 6.07 Å². The minimum absolute atomic E-state index is 0.0476. The fourth-order valence-corrected chi connectivity index (χ4v) is 1.29. The number of nitrogen functional groups attached to an aromatic ring is 1. The van der Waals surface area contributed by atoms with Crippen LogP contribution < -0.4 is 5.73 Å². The average Bonchev–Trinajstić information content (AvgIpc) is 1.96. The third-order valence-corrected chi connectivity index (χ3v) is 2.33. The van der Waals surface area contributed by atoms with Crippen molar-refractivity contribution in [1.82, 2.24) is 4.98 Å². The van der Waals surface area contributed by atoms with Crippen LogP contribution in [-0.4, -0.2) is 4.98 Å². The van der Waals surface area contributed by atoms with Crippen LogP contribution in [0, 0.1) is 10.5 Å². The van der Waals surface area contributed by atoms with Crippen molar-refractivity contribution in [2.75, 3.05) is 5.73 Å². The predicted octanol–water partition coefficient (Wildman–Crippen LogP) is 2.51. The Morgan fingerprint density at radius 2 is 2.17 bits per heavy atom. The summed E-state index contributed by atoms with van der Waals surface area (Å²) in [5.41, 5.74) is 5.67. The molecule has 0 spiro atoms. The molecule has 0 aliphatic heterocycles. The number of hydrogen-bond donors (Lipinski definition) is 1. The van der Waals surface area contributed by atoms with Gasteiger partial charge in [-0.05, 0) is 35.6 Å². The second kappa shape index (κ2) is 3.51. The molecule has 0 bridgehead atoms. The van der Waals surface area contributed by atoms with Gasteiger partial charge in [0.1, 0.15) is 5.82 Å². The average molecular weight is 284 g/mol. The van der Waals surface area contributed by atoms with Crippen molar-refractivity contribution < 1.29 is 8.78 Å². The largest absolute Gasteiger partial charge is 0.383 e. The molecule has 2 N–H and O–H groups in total. The zero-order chi connectivity index (χ0) is 9.30. The number of anilines is 1. The fraction of sp³-hybridized carbons (Fsp3) is 0.286. The van der Waals surface area contributed by atoms with Crippen LogP contribution >= 0.6 is 22.6 Å². The third-order valence-electron chi connectivity index (χ3n) is 1.47. The van der Waals surface area contributed by atoms with Gasteiger partial charge in [-0.1, -0.05) is 0 Å². The first-order valence-electron chi connectivity index (χ1n) is 3.23. The van der Waals surface area contributed by atoms with Gasteiger partial charge in [0.15, 0.2) is 0 Å². The molecule has 0 saturated heterocycles. The van der Waals surface area contributed by atoms with E-state index in [4.69, 9.17) is 5.73 Å². The van der Waals surface area contributed by atoms with Gasteiger partial charge in [0.05, 0.1) is 3.57 Å². The topological polar surface area (TPSA) is 38.9 Å². The Kier molecular flexibility index (Phi) is 2.81. The van der Waals surface area contributed by atoms with Crippen molar-refractivity contribution in [3.8, 4) is 0 Å². The molecular formula is C7H7F2IN2. The van der Waals surface area contributed by atoms with Gasteiger partial charge >= 0.3 is 0 Å². The van der Waals surface area contributed by atoms with Crippen molar-refractivity contribution in [2.24, 2.45) is 0 Å². The number of rotatable bonds is 1. The second-order valence-corrected chi connectivity index (χ2v) is 3.49. The molecule has 5 heteroatoms. The van der Waals surface area contributed by atoms with Gasteiger partial charge in [-0.25, -0.2) is 13.8 Å². The molecule has 0 saturated carbocycles. The van der Waals surface area contributed by atoms with Crippen molar-refractivity contribution in [3.63, 3.8) is 0 Å². The summed E-state index contributed by atoms with van der Waals surface area (Å²) in [5.74, 6) is 0.303. The van der Waals surface area contributed by atoms with Crippen LogP contribution in [0.2, 0.25) is 0 Å². The van der Waals surface area contributed by atoms with Gasteiger partial charge in [-0.2, -0.15) is 0 Å². The minimum atomic E-state index is -2.48. The molecule has 1 aromatic rings. The molecule has 0 fully saturated rings. The van der Waals surface area contributed by atoms with E-state index in [1.807, 2.05) is 22.6 Å². The van der Waals surface area contributed by atoms with Crippen LogP contribution in [0.4, 0.5) is 14.6 Å². The summed E-state index contributed by atoms with van der Waals surface area (Å²) in [6, 6.07) is 1.36. The summed E-state index contributed by atoms with van der Waals surface area (Å²) in [5, 5.41) is 0. The van der Waals surface area contributed by atoms with E-state index in [9.17, 15) is 8.78 Å². The van der Waals surface area contributed by atoms with E-state index in [-0.39, 0.29) is 5.56 Å². The van der Waals surface area contributed by atoms with Crippen molar-refractivity contribution in [3.05, 3.63) is 20.9 Å². The maximum absolute atomic E-state index is 12.3. The lowest BCUT2D eigenvalue weighted by Crippen LogP contribution is -2.00. The maximum Gasteiger partial charge on any atom is 0.265 e.